The van der Waals surface area contributed by atoms with E-state index < -0.39 is 0 Å². The second-order valence-electron chi connectivity index (χ2n) is 6.58. The van der Waals surface area contributed by atoms with Gasteiger partial charge in [-0.25, -0.2) is 0 Å². The second kappa shape index (κ2) is 7.21. The molecule has 1 aromatic carbocycles. The number of carbonyl (C=O) groups excluding carboxylic acids is 1. The van der Waals surface area contributed by atoms with Gasteiger partial charge in [0, 0.05) is 25.4 Å². The number of hydrogen-bond acceptors (Lipinski definition) is 2. The molecule has 3 heteroatoms. The van der Waals surface area contributed by atoms with Crippen LogP contribution in [0.4, 0.5) is 0 Å². The lowest BCUT2D eigenvalue weighted by Gasteiger charge is -2.19. The first-order valence-electron chi connectivity index (χ1n) is 7.70. The molecule has 22 heavy (non-hydrogen) atoms. The van der Waals surface area contributed by atoms with E-state index in [1.807, 2.05) is 12.1 Å². The highest BCUT2D eigenvalue weighted by atomic mass is 16.1. The van der Waals surface area contributed by atoms with Crippen LogP contribution in [0.3, 0.4) is 0 Å². The van der Waals surface area contributed by atoms with Crippen molar-refractivity contribution in [1.82, 2.24) is 10.3 Å². The Morgan fingerprint density at radius 2 is 1.82 bits per heavy atom. The number of carbonyl (C=O) groups is 1. The molecule has 0 unspecified atom stereocenters. The summed E-state index contributed by atoms with van der Waals surface area (Å²) in [6.45, 7) is 7.14. The van der Waals surface area contributed by atoms with Crippen molar-refractivity contribution in [3.8, 4) is 0 Å². The number of aromatic nitrogens is 1. The molecule has 0 aliphatic rings. The molecule has 2 rings (SSSR count). The van der Waals surface area contributed by atoms with Crippen LogP contribution in [0, 0.1) is 0 Å². The standard InChI is InChI=1S/C19H24N2O/c1-19(2,3)17-9-6-15(7-10-17)8-11-18(22)21-14-16-5-4-12-20-13-16/h4-7,9-10,12-13H,8,11,14H2,1-3H3,(H,21,22). The maximum absolute atomic E-state index is 11.9. The Balaban J connectivity index is 1.79. The van der Waals surface area contributed by atoms with E-state index >= 15 is 0 Å². The first-order chi connectivity index (χ1) is 10.4. The van der Waals surface area contributed by atoms with Crippen LogP contribution in [-0.4, -0.2) is 10.9 Å². The van der Waals surface area contributed by atoms with Crippen molar-refractivity contribution in [2.24, 2.45) is 0 Å². The molecule has 116 valence electrons. The minimum absolute atomic E-state index is 0.0729. The molecule has 0 saturated heterocycles. The summed E-state index contributed by atoms with van der Waals surface area (Å²) in [6, 6.07) is 12.4. The van der Waals surface area contributed by atoms with Crippen molar-refractivity contribution in [2.75, 3.05) is 0 Å². The number of hydrogen-bond donors (Lipinski definition) is 1. The Labute approximate surface area is 132 Å². The van der Waals surface area contributed by atoms with E-state index in [2.05, 4.69) is 55.3 Å². The first-order valence-corrected chi connectivity index (χ1v) is 7.70. The van der Waals surface area contributed by atoms with E-state index in [9.17, 15) is 4.79 Å². The average Bonchev–Trinajstić information content (AvgIpc) is 2.51. The molecule has 1 heterocycles. The van der Waals surface area contributed by atoms with Crippen molar-refractivity contribution in [1.29, 1.82) is 0 Å². The summed E-state index contributed by atoms with van der Waals surface area (Å²) in [5.74, 6) is 0.0729. The van der Waals surface area contributed by atoms with E-state index in [1.165, 1.54) is 11.1 Å². The molecule has 0 aliphatic carbocycles. The van der Waals surface area contributed by atoms with Gasteiger partial charge in [0.25, 0.3) is 0 Å². The Bertz CT molecular complexity index is 598. The number of rotatable bonds is 5. The van der Waals surface area contributed by atoms with Gasteiger partial charge in [-0.3, -0.25) is 9.78 Å². The monoisotopic (exact) mass is 296 g/mol. The molecule has 0 bridgehead atoms. The number of amides is 1. The Kier molecular flexibility index (Phi) is 5.31. The number of aryl methyl sites for hydroxylation is 1. The van der Waals surface area contributed by atoms with Crippen molar-refractivity contribution in [2.45, 2.75) is 45.6 Å². The largest absolute Gasteiger partial charge is 0.352 e. The lowest BCUT2D eigenvalue weighted by molar-refractivity contribution is -0.121. The number of benzene rings is 1. The summed E-state index contributed by atoms with van der Waals surface area (Å²) in [7, 11) is 0. The molecular formula is C19H24N2O. The lowest BCUT2D eigenvalue weighted by atomic mass is 9.86. The number of pyridine rings is 1. The van der Waals surface area contributed by atoms with Crippen LogP contribution in [0.25, 0.3) is 0 Å². The van der Waals surface area contributed by atoms with Crippen molar-refractivity contribution in [3.05, 3.63) is 65.5 Å². The summed E-state index contributed by atoms with van der Waals surface area (Å²) < 4.78 is 0. The van der Waals surface area contributed by atoms with Gasteiger partial charge in [0.1, 0.15) is 0 Å². The van der Waals surface area contributed by atoms with Gasteiger partial charge in [0.2, 0.25) is 5.91 Å². The maximum atomic E-state index is 11.9. The Morgan fingerprint density at radius 3 is 2.41 bits per heavy atom. The zero-order chi connectivity index (χ0) is 16.0. The third-order valence-corrected chi connectivity index (χ3v) is 3.67. The minimum Gasteiger partial charge on any atom is -0.352 e. The fourth-order valence-corrected chi connectivity index (χ4v) is 2.22. The molecule has 1 aromatic heterocycles. The molecule has 0 saturated carbocycles. The van der Waals surface area contributed by atoms with Crippen LogP contribution in [0.1, 0.15) is 43.9 Å². The summed E-state index contributed by atoms with van der Waals surface area (Å²) >= 11 is 0. The highest BCUT2D eigenvalue weighted by molar-refractivity contribution is 5.76. The van der Waals surface area contributed by atoms with Crippen LogP contribution >= 0.6 is 0 Å². The zero-order valence-corrected chi connectivity index (χ0v) is 13.6. The summed E-state index contributed by atoms with van der Waals surface area (Å²) in [5, 5.41) is 2.93. The number of nitrogens with zero attached hydrogens (tertiary/aromatic N) is 1. The highest BCUT2D eigenvalue weighted by Gasteiger charge is 2.12. The van der Waals surface area contributed by atoms with Gasteiger partial charge in [-0.15, -0.1) is 0 Å². The van der Waals surface area contributed by atoms with Crippen LogP contribution in [0.15, 0.2) is 48.8 Å². The fourth-order valence-electron chi connectivity index (χ4n) is 2.22. The van der Waals surface area contributed by atoms with E-state index in [-0.39, 0.29) is 11.3 Å². The summed E-state index contributed by atoms with van der Waals surface area (Å²) in [5.41, 5.74) is 3.70. The SMILES string of the molecule is CC(C)(C)c1ccc(CCC(=O)NCc2cccnc2)cc1. The topological polar surface area (TPSA) is 42.0 Å². The smallest absolute Gasteiger partial charge is 0.220 e. The third kappa shape index (κ3) is 4.99. The van der Waals surface area contributed by atoms with Crippen molar-refractivity contribution in [3.63, 3.8) is 0 Å². The zero-order valence-electron chi connectivity index (χ0n) is 13.6. The van der Waals surface area contributed by atoms with Crippen LogP contribution in [0.5, 0.6) is 0 Å². The van der Waals surface area contributed by atoms with Gasteiger partial charge < -0.3 is 5.32 Å². The Hall–Kier alpha value is -2.16. The van der Waals surface area contributed by atoms with Gasteiger partial charge in [0.05, 0.1) is 0 Å². The minimum atomic E-state index is 0.0729. The molecule has 1 N–H and O–H groups in total. The first kappa shape index (κ1) is 16.2. The highest BCUT2D eigenvalue weighted by Crippen LogP contribution is 2.22. The predicted octanol–water partition coefficient (Wildman–Crippen LogP) is 3.63. The fraction of sp³-hybridized carbons (Fsp3) is 0.368. The van der Waals surface area contributed by atoms with E-state index in [0.717, 1.165) is 12.0 Å². The molecule has 0 radical (unpaired) electrons. The van der Waals surface area contributed by atoms with E-state index in [4.69, 9.17) is 0 Å². The molecule has 0 spiro atoms. The van der Waals surface area contributed by atoms with Crippen molar-refractivity contribution < 1.29 is 4.79 Å². The second-order valence-corrected chi connectivity index (χ2v) is 6.58. The molecule has 0 fully saturated rings. The van der Waals surface area contributed by atoms with Crippen LogP contribution in [0.2, 0.25) is 0 Å². The van der Waals surface area contributed by atoms with Gasteiger partial charge in [-0.05, 0) is 34.6 Å². The maximum Gasteiger partial charge on any atom is 0.220 e. The molecular weight excluding hydrogens is 272 g/mol. The van der Waals surface area contributed by atoms with Gasteiger partial charge >= 0.3 is 0 Å². The quantitative estimate of drug-likeness (QED) is 0.915. The third-order valence-electron chi connectivity index (χ3n) is 3.67. The van der Waals surface area contributed by atoms with Gasteiger partial charge in [-0.2, -0.15) is 0 Å². The number of nitrogens with one attached hydrogen (secondary N) is 1. The van der Waals surface area contributed by atoms with E-state index in [1.54, 1.807) is 12.4 Å². The molecule has 0 aliphatic heterocycles. The Morgan fingerprint density at radius 1 is 1.09 bits per heavy atom. The average molecular weight is 296 g/mol. The molecule has 1 amide bonds. The normalized spacial score (nSPS) is 11.2. The van der Waals surface area contributed by atoms with Gasteiger partial charge in [0.15, 0.2) is 0 Å². The lowest BCUT2D eigenvalue weighted by Crippen LogP contribution is -2.23. The van der Waals surface area contributed by atoms with E-state index in [0.29, 0.717) is 13.0 Å². The van der Waals surface area contributed by atoms with Crippen LogP contribution in [-0.2, 0) is 23.2 Å². The van der Waals surface area contributed by atoms with Gasteiger partial charge in [-0.1, -0.05) is 51.1 Å². The summed E-state index contributed by atoms with van der Waals surface area (Å²) in [4.78, 5) is 15.9. The van der Waals surface area contributed by atoms with Crippen LogP contribution < -0.4 is 5.32 Å². The van der Waals surface area contributed by atoms with Crippen molar-refractivity contribution >= 4 is 5.91 Å². The molecule has 2 aromatic rings. The molecule has 0 atom stereocenters. The predicted molar refractivity (Wildman–Crippen MR) is 89.5 cm³/mol. The molecule has 3 nitrogen and oxygen atoms in total. The summed E-state index contributed by atoms with van der Waals surface area (Å²) in [6.07, 6.45) is 4.77.